The van der Waals surface area contributed by atoms with Gasteiger partial charge in [-0.1, -0.05) is 0 Å². The van der Waals surface area contributed by atoms with Crippen molar-refractivity contribution in [2.75, 3.05) is 7.11 Å². The predicted octanol–water partition coefficient (Wildman–Crippen LogP) is 0.845. The standard InChI is InChI=1S/C9H17N3O/c1-9(2,13-4)7(10)8-11-5-6-12(8)3/h5-7H,10H2,1-4H3. The van der Waals surface area contributed by atoms with Crippen LogP contribution >= 0.6 is 0 Å². The highest BCUT2D eigenvalue weighted by molar-refractivity contribution is 5.03. The van der Waals surface area contributed by atoms with Crippen LogP contribution in [-0.4, -0.2) is 22.3 Å². The minimum Gasteiger partial charge on any atom is -0.377 e. The molecule has 0 spiro atoms. The largest absolute Gasteiger partial charge is 0.377 e. The summed E-state index contributed by atoms with van der Waals surface area (Å²) in [6.07, 6.45) is 3.61. The molecule has 13 heavy (non-hydrogen) atoms. The molecule has 0 amide bonds. The first kappa shape index (κ1) is 10.2. The summed E-state index contributed by atoms with van der Waals surface area (Å²) in [5.74, 6) is 0.840. The molecule has 0 aliphatic heterocycles. The molecule has 1 aromatic heterocycles. The maximum Gasteiger partial charge on any atom is 0.128 e. The van der Waals surface area contributed by atoms with E-state index >= 15 is 0 Å². The molecular weight excluding hydrogens is 166 g/mol. The Balaban J connectivity index is 2.91. The Morgan fingerprint density at radius 1 is 1.62 bits per heavy atom. The Morgan fingerprint density at radius 3 is 2.62 bits per heavy atom. The Hall–Kier alpha value is -0.870. The van der Waals surface area contributed by atoms with Crippen LogP contribution in [0.1, 0.15) is 25.7 Å². The lowest BCUT2D eigenvalue weighted by atomic mass is 9.99. The van der Waals surface area contributed by atoms with Crippen molar-refractivity contribution in [3.05, 3.63) is 18.2 Å². The molecule has 0 fully saturated rings. The normalized spacial score (nSPS) is 14.5. The molecule has 4 nitrogen and oxygen atoms in total. The van der Waals surface area contributed by atoms with Crippen LogP contribution in [0.15, 0.2) is 12.4 Å². The third-order valence-electron chi connectivity index (χ3n) is 2.41. The number of imidazole rings is 1. The molecule has 0 saturated carbocycles. The van der Waals surface area contributed by atoms with Crippen LogP contribution in [0, 0.1) is 0 Å². The van der Waals surface area contributed by atoms with Crippen molar-refractivity contribution in [3.8, 4) is 0 Å². The highest BCUT2D eigenvalue weighted by Gasteiger charge is 2.29. The first-order valence-electron chi connectivity index (χ1n) is 4.27. The molecule has 0 radical (unpaired) electrons. The zero-order valence-electron chi connectivity index (χ0n) is 8.61. The van der Waals surface area contributed by atoms with Crippen LogP contribution in [0.2, 0.25) is 0 Å². The average molecular weight is 183 g/mol. The van der Waals surface area contributed by atoms with Crippen molar-refractivity contribution in [2.24, 2.45) is 12.8 Å². The van der Waals surface area contributed by atoms with E-state index in [1.807, 2.05) is 31.7 Å². The van der Waals surface area contributed by atoms with Crippen LogP contribution < -0.4 is 5.73 Å². The number of nitrogens with zero attached hydrogens (tertiary/aromatic N) is 2. The van der Waals surface area contributed by atoms with Gasteiger partial charge in [0.2, 0.25) is 0 Å². The first-order valence-corrected chi connectivity index (χ1v) is 4.27. The van der Waals surface area contributed by atoms with Gasteiger partial charge in [0.1, 0.15) is 5.82 Å². The van der Waals surface area contributed by atoms with E-state index in [1.165, 1.54) is 0 Å². The highest BCUT2D eigenvalue weighted by atomic mass is 16.5. The Labute approximate surface area is 78.7 Å². The van der Waals surface area contributed by atoms with Crippen molar-refractivity contribution in [1.29, 1.82) is 0 Å². The molecule has 0 aliphatic rings. The van der Waals surface area contributed by atoms with Crippen molar-refractivity contribution >= 4 is 0 Å². The van der Waals surface area contributed by atoms with E-state index in [0.717, 1.165) is 5.82 Å². The van der Waals surface area contributed by atoms with Gasteiger partial charge < -0.3 is 15.0 Å². The summed E-state index contributed by atoms with van der Waals surface area (Å²) < 4.78 is 7.21. The number of ether oxygens (including phenoxy) is 1. The molecule has 0 aromatic carbocycles. The van der Waals surface area contributed by atoms with E-state index in [9.17, 15) is 0 Å². The number of hydrogen-bond acceptors (Lipinski definition) is 3. The summed E-state index contributed by atoms with van der Waals surface area (Å²) in [4.78, 5) is 4.19. The van der Waals surface area contributed by atoms with E-state index in [-0.39, 0.29) is 11.6 Å². The van der Waals surface area contributed by atoms with E-state index in [1.54, 1.807) is 13.3 Å². The van der Waals surface area contributed by atoms with Gasteiger partial charge in [0.05, 0.1) is 11.6 Å². The third kappa shape index (κ3) is 1.89. The lowest BCUT2D eigenvalue weighted by Crippen LogP contribution is -2.38. The molecule has 1 rings (SSSR count). The quantitative estimate of drug-likeness (QED) is 0.755. The molecule has 0 saturated heterocycles. The lowest BCUT2D eigenvalue weighted by molar-refractivity contribution is -0.00287. The summed E-state index contributed by atoms with van der Waals surface area (Å²) in [5.41, 5.74) is 5.63. The highest BCUT2D eigenvalue weighted by Crippen LogP contribution is 2.23. The van der Waals surface area contributed by atoms with Crippen LogP contribution in [0.3, 0.4) is 0 Å². The maximum absolute atomic E-state index is 6.02. The number of rotatable bonds is 3. The number of aryl methyl sites for hydroxylation is 1. The SMILES string of the molecule is COC(C)(C)C(N)c1nccn1C. The summed E-state index contributed by atoms with van der Waals surface area (Å²) >= 11 is 0. The average Bonchev–Trinajstić information content (AvgIpc) is 2.50. The number of methoxy groups -OCH3 is 1. The van der Waals surface area contributed by atoms with Gasteiger partial charge >= 0.3 is 0 Å². The van der Waals surface area contributed by atoms with Gasteiger partial charge in [-0.2, -0.15) is 0 Å². The Kier molecular flexibility index (Phi) is 2.73. The first-order chi connectivity index (χ1) is 5.99. The number of aromatic nitrogens is 2. The van der Waals surface area contributed by atoms with Crippen molar-refractivity contribution in [3.63, 3.8) is 0 Å². The summed E-state index contributed by atoms with van der Waals surface area (Å²) in [6.45, 7) is 3.90. The minimum atomic E-state index is -0.390. The van der Waals surface area contributed by atoms with Crippen LogP contribution in [-0.2, 0) is 11.8 Å². The molecule has 1 atom stereocenters. The second-order valence-electron chi connectivity index (χ2n) is 3.68. The molecule has 1 heterocycles. The van der Waals surface area contributed by atoms with Gasteiger partial charge in [-0.3, -0.25) is 0 Å². The fraction of sp³-hybridized carbons (Fsp3) is 0.667. The fourth-order valence-electron chi connectivity index (χ4n) is 1.11. The maximum atomic E-state index is 6.02. The van der Waals surface area contributed by atoms with Crippen LogP contribution in [0.4, 0.5) is 0 Å². The molecule has 0 bridgehead atoms. The topological polar surface area (TPSA) is 53.1 Å². The second kappa shape index (κ2) is 3.47. The van der Waals surface area contributed by atoms with E-state index in [4.69, 9.17) is 10.5 Å². The smallest absolute Gasteiger partial charge is 0.128 e. The summed E-state index contributed by atoms with van der Waals surface area (Å²) in [5, 5.41) is 0. The Morgan fingerprint density at radius 2 is 2.23 bits per heavy atom. The van der Waals surface area contributed by atoms with Crippen LogP contribution in [0.5, 0.6) is 0 Å². The van der Waals surface area contributed by atoms with Crippen molar-refractivity contribution in [1.82, 2.24) is 9.55 Å². The zero-order chi connectivity index (χ0) is 10.1. The summed E-state index contributed by atoms with van der Waals surface area (Å²) in [7, 11) is 3.58. The van der Waals surface area contributed by atoms with Crippen LogP contribution in [0.25, 0.3) is 0 Å². The third-order valence-corrected chi connectivity index (χ3v) is 2.41. The molecular formula is C9H17N3O. The minimum absolute atomic E-state index is 0.211. The van der Waals surface area contributed by atoms with Gasteiger partial charge in [0.15, 0.2) is 0 Å². The predicted molar refractivity (Wildman–Crippen MR) is 51.2 cm³/mol. The number of hydrogen-bond donors (Lipinski definition) is 1. The number of nitrogens with two attached hydrogens (primary N) is 1. The molecule has 4 heteroatoms. The zero-order valence-corrected chi connectivity index (χ0v) is 8.61. The van der Waals surface area contributed by atoms with Crippen molar-refractivity contribution < 1.29 is 4.74 Å². The fourth-order valence-corrected chi connectivity index (χ4v) is 1.11. The van der Waals surface area contributed by atoms with E-state index < -0.39 is 0 Å². The van der Waals surface area contributed by atoms with Gasteiger partial charge in [0.25, 0.3) is 0 Å². The lowest BCUT2D eigenvalue weighted by Gasteiger charge is -2.29. The Bertz CT molecular complexity index is 280. The van der Waals surface area contributed by atoms with Gasteiger partial charge in [-0.25, -0.2) is 4.98 Å². The monoisotopic (exact) mass is 183 g/mol. The molecule has 1 aromatic rings. The second-order valence-corrected chi connectivity index (χ2v) is 3.68. The van der Waals surface area contributed by atoms with Gasteiger partial charge in [-0.15, -0.1) is 0 Å². The molecule has 0 aliphatic carbocycles. The van der Waals surface area contributed by atoms with E-state index in [0.29, 0.717) is 0 Å². The van der Waals surface area contributed by atoms with Crippen molar-refractivity contribution in [2.45, 2.75) is 25.5 Å². The molecule has 2 N–H and O–H groups in total. The summed E-state index contributed by atoms with van der Waals surface area (Å²) in [6, 6.07) is -0.211. The van der Waals surface area contributed by atoms with E-state index in [2.05, 4.69) is 4.98 Å². The molecule has 74 valence electrons. The van der Waals surface area contributed by atoms with Gasteiger partial charge in [-0.05, 0) is 13.8 Å². The molecule has 1 unspecified atom stereocenters. The van der Waals surface area contributed by atoms with Gasteiger partial charge in [0, 0.05) is 26.6 Å².